The first-order chi connectivity index (χ1) is 6.24. The molecule has 0 radical (unpaired) electrons. The first-order valence-electron chi connectivity index (χ1n) is 5.76. The lowest BCUT2D eigenvalue weighted by Crippen LogP contribution is -2.23. The number of unbranched alkanes of at least 4 members (excludes halogenated alkanes) is 2. The van der Waals surface area contributed by atoms with Crippen LogP contribution in [0, 0.1) is 11.8 Å². The summed E-state index contributed by atoms with van der Waals surface area (Å²) in [5.74, 6) is 1.73. The van der Waals surface area contributed by atoms with Gasteiger partial charge < -0.3 is 0 Å². The van der Waals surface area contributed by atoms with E-state index in [1.54, 1.807) is 0 Å². The van der Waals surface area contributed by atoms with Crippen molar-refractivity contribution in [3.63, 3.8) is 0 Å². The zero-order chi connectivity index (χ0) is 9.68. The van der Waals surface area contributed by atoms with Crippen LogP contribution in [0.15, 0.2) is 0 Å². The van der Waals surface area contributed by atoms with Gasteiger partial charge in [0.05, 0.1) is 0 Å². The molecule has 0 aliphatic heterocycles. The predicted molar refractivity (Wildman–Crippen MR) is 55.7 cm³/mol. The number of carbonyl (C=O) groups is 1. The van der Waals surface area contributed by atoms with Crippen LogP contribution in [0.4, 0.5) is 0 Å². The zero-order valence-electron chi connectivity index (χ0n) is 9.01. The molecule has 0 aromatic carbocycles. The molecule has 1 rings (SSSR count). The normalized spacial score (nSPS) is 29.2. The summed E-state index contributed by atoms with van der Waals surface area (Å²) < 4.78 is 0. The average Bonchev–Trinajstić information content (AvgIpc) is 2.11. The minimum absolute atomic E-state index is 0.412. The molecule has 0 heterocycles. The Morgan fingerprint density at radius 2 is 2.15 bits per heavy atom. The molecule has 0 amide bonds. The first-order valence-corrected chi connectivity index (χ1v) is 5.76. The third kappa shape index (κ3) is 3.50. The fourth-order valence-electron chi connectivity index (χ4n) is 2.25. The lowest BCUT2D eigenvalue weighted by Gasteiger charge is -2.25. The molecule has 2 unspecified atom stereocenters. The summed E-state index contributed by atoms with van der Waals surface area (Å²) in [6.07, 6.45) is 8.08. The Bertz CT molecular complexity index is 163. The van der Waals surface area contributed by atoms with Crippen molar-refractivity contribution in [1.82, 2.24) is 0 Å². The van der Waals surface area contributed by atoms with E-state index >= 15 is 0 Å². The van der Waals surface area contributed by atoms with Gasteiger partial charge >= 0.3 is 0 Å². The lowest BCUT2D eigenvalue weighted by molar-refractivity contribution is -0.125. The minimum atomic E-state index is 0.412. The monoisotopic (exact) mass is 182 g/mol. The summed E-state index contributed by atoms with van der Waals surface area (Å²) in [4.78, 5) is 11.5. The second-order valence-electron chi connectivity index (χ2n) is 4.54. The molecule has 1 nitrogen and oxygen atoms in total. The maximum absolute atomic E-state index is 11.5. The average molecular weight is 182 g/mol. The second kappa shape index (κ2) is 5.41. The summed E-state index contributed by atoms with van der Waals surface area (Å²) in [7, 11) is 0. The van der Waals surface area contributed by atoms with E-state index in [2.05, 4.69) is 13.8 Å². The largest absolute Gasteiger partial charge is 0.299 e. The Hall–Kier alpha value is -0.330. The summed E-state index contributed by atoms with van der Waals surface area (Å²) in [5.41, 5.74) is 0. The highest BCUT2D eigenvalue weighted by Crippen LogP contribution is 2.29. The fourth-order valence-corrected chi connectivity index (χ4v) is 2.25. The molecular weight excluding hydrogens is 160 g/mol. The van der Waals surface area contributed by atoms with Crippen molar-refractivity contribution in [2.24, 2.45) is 11.8 Å². The highest BCUT2D eigenvalue weighted by molar-refractivity contribution is 5.81. The Labute approximate surface area is 81.9 Å². The van der Waals surface area contributed by atoms with E-state index in [4.69, 9.17) is 0 Å². The van der Waals surface area contributed by atoms with Crippen LogP contribution in [-0.2, 0) is 4.79 Å². The van der Waals surface area contributed by atoms with Crippen LogP contribution in [-0.4, -0.2) is 5.78 Å². The quantitative estimate of drug-likeness (QED) is 0.607. The van der Waals surface area contributed by atoms with Gasteiger partial charge in [-0.25, -0.2) is 0 Å². The van der Waals surface area contributed by atoms with Gasteiger partial charge in [-0.15, -0.1) is 0 Å². The standard InChI is InChI=1S/C12H22O/c1-3-4-5-6-11-9-10(2)7-8-12(11)13/h10-11H,3-9H2,1-2H3. The lowest BCUT2D eigenvalue weighted by atomic mass is 9.79. The fraction of sp³-hybridized carbons (Fsp3) is 0.917. The Kier molecular flexibility index (Phi) is 4.47. The SMILES string of the molecule is CCCCCC1CC(C)CCC1=O. The van der Waals surface area contributed by atoms with E-state index in [0.29, 0.717) is 11.7 Å². The van der Waals surface area contributed by atoms with Gasteiger partial charge in [-0.2, -0.15) is 0 Å². The van der Waals surface area contributed by atoms with Crippen molar-refractivity contribution < 1.29 is 4.79 Å². The van der Waals surface area contributed by atoms with Crippen molar-refractivity contribution >= 4 is 5.78 Å². The van der Waals surface area contributed by atoms with Crippen molar-refractivity contribution in [3.8, 4) is 0 Å². The van der Waals surface area contributed by atoms with Crippen molar-refractivity contribution in [3.05, 3.63) is 0 Å². The number of Topliss-reactive ketones (excluding diaryl/α,β-unsaturated/α-hetero) is 1. The van der Waals surface area contributed by atoms with Gasteiger partial charge in [-0.1, -0.05) is 33.1 Å². The van der Waals surface area contributed by atoms with Crippen LogP contribution in [0.2, 0.25) is 0 Å². The third-order valence-electron chi connectivity index (χ3n) is 3.18. The summed E-state index contributed by atoms with van der Waals surface area (Å²) in [5, 5.41) is 0. The van der Waals surface area contributed by atoms with Crippen LogP contribution in [0.5, 0.6) is 0 Å². The van der Waals surface area contributed by atoms with Crippen LogP contribution in [0.3, 0.4) is 0 Å². The maximum atomic E-state index is 11.5. The molecule has 1 aliphatic rings. The molecule has 13 heavy (non-hydrogen) atoms. The molecule has 0 saturated heterocycles. The van der Waals surface area contributed by atoms with Crippen LogP contribution < -0.4 is 0 Å². The van der Waals surface area contributed by atoms with E-state index in [1.807, 2.05) is 0 Å². The van der Waals surface area contributed by atoms with Crippen molar-refractivity contribution in [2.45, 2.75) is 58.8 Å². The number of rotatable bonds is 4. The van der Waals surface area contributed by atoms with Gasteiger partial charge in [0.2, 0.25) is 0 Å². The molecule has 0 aromatic rings. The van der Waals surface area contributed by atoms with E-state index in [0.717, 1.165) is 31.6 Å². The number of hydrogen-bond donors (Lipinski definition) is 0. The molecule has 2 atom stereocenters. The molecule has 1 fully saturated rings. The van der Waals surface area contributed by atoms with E-state index in [1.165, 1.54) is 19.3 Å². The van der Waals surface area contributed by atoms with Crippen LogP contribution in [0.1, 0.15) is 58.8 Å². The Balaban J connectivity index is 2.25. The second-order valence-corrected chi connectivity index (χ2v) is 4.54. The molecule has 0 aromatic heterocycles. The first kappa shape index (κ1) is 10.7. The minimum Gasteiger partial charge on any atom is -0.299 e. The van der Waals surface area contributed by atoms with Gasteiger partial charge in [0.25, 0.3) is 0 Å². The predicted octanol–water partition coefficient (Wildman–Crippen LogP) is 3.57. The number of ketones is 1. The highest BCUT2D eigenvalue weighted by atomic mass is 16.1. The van der Waals surface area contributed by atoms with Crippen LogP contribution in [0.25, 0.3) is 0 Å². The van der Waals surface area contributed by atoms with E-state index < -0.39 is 0 Å². The highest BCUT2D eigenvalue weighted by Gasteiger charge is 2.25. The zero-order valence-corrected chi connectivity index (χ0v) is 9.01. The van der Waals surface area contributed by atoms with E-state index in [9.17, 15) is 4.79 Å². The van der Waals surface area contributed by atoms with E-state index in [-0.39, 0.29) is 0 Å². The van der Waals surface area contributed by atoms with Gasteiger partial charge in [-0.05, 0) is 25.2 Å². The van der Waals surface area contributed by atoms with Crippen LogP contribution >= 0.6 is 0 Å². The summed E-state index contributed by atoms with van der Waals surface area (Å²) in [6, 6.07) is 0. The Morgan fingerprint density at radius 1 is 1.38 bits per heavy atom. The molecule has 76 valence electrons. The third-order valence-corrected chi connectivity index (χ3v) is 3.18. The molecule has 1 aliphatic carbocycles. The molecule has 1 saturated carbocycles. The van der Waals surface area contributed by atoms with Crippen molar-refractivity contribution in [1.29, 1.82) is 0 Å². The van der Waals surface area contributed by atoms with Gasteiger partial charge in [-0.3, -0.25) is 4.79 Å². The smallest absolute Gasteiger partial charge is 0.135 e. The summed E-state index contributed by atoms with van der Waals surface area (Å²) >= 11 is 0. The Morgan fingerprint density at radius 3 is 2.85 bits per heavy atom. The summed E-state index contributed by atoms with van der Waals surface area (Å²) in [6.45, 7) is 4.49. The molecule has 0 spiro atoms. The maximum Gasteiger partial charge on any atom is 0.135 e. The van der Waals surface area contributed by atoms with Gasteiger partial charge in [0, 0.05) is 12.3 Å². The van der Waals surface area contributed by atoms with Gasteiger partial charge in [0.1, 0.15) is 5.78 Å². The number of carbonyl (C=O) groups excluding carboxylic acids is 1. The molecule has 1 heteroatoms. The molecular formula is C12H22O. The van der Waals surface area contributed by atoms with Gasteiger partial charge in [0.15, 0.2) is 0 Å². The molecule has 0 N–H and O–H groups in total. The topological polar surface area (TPSA) is 17.1 Å². The number of hydrogen-bond acceptors (Lipinski definition) is 1. The molecule has 0 bridgehead atoms. The van der Waals surface area contributed by atoms with Crippen molar-refractivity contribution in [2.75, 3.05) is 0 Å².